The predicted molar refractivity (Wildman–Crippen MR) is 102 cm³/mol. The fraction of sp³-hybridized carbons (Fsp3) is 0.273. The predicted octanol–water partition coefficient (Wildman–Crippen LogP) is 5.02. The molecule has 2 aromatic carbocycles. The summed E-state index contributed by atoms with van der Waals surface area (Å²) in [5.74, 6) is 1.31. The van der Waals surface area contributed by atoms with Gasteiger partial charge in [-0.15, -0.1) is 0 Å². The van der Waals surface area contributed by atoms with E-state index in [1.807, 2.05) is 29.2 Å². The standard InChI is InChI=1S/C22H21FN2O2/c1-15-10-12-25(13-11-15)22(26)19-5-3-2-4-18(19)21-24-14-20(27-21)16-6-8-17(23)9-7-16/h2-9,14-15H,10-13H2,1H3. The maximum atomic E-state index is 13.1. The average molecular weight is 364 g/mol. The van der Waals surface area contributed by atoms with Gasteiger partial charge in [0.25, 0.3) is 5.91 Å². The van der Waals surface area contributed by atoms with E-state index in [4.69, 9.17) is 4.42 Å². The molecule has 1 amide bonds. The van der Waals surface area contributed by atoms with Crippen molar-refractivity contribution in [3.8, 4) is 22.8 Å². The number of carbonyl (C=O) groups is 1. The first-order chi connectivity index (χ1) is 13.1. The third-order valence-electron chi connectivity index (χ3n) is 5.09. The highest BCUT2D eigenvalue weighted by molar-refractivity contribution is 6.00. The minimum atomic E-state index is -0.301. The molecular formula is C22H21FN2O2. The van der Waals surface area contributed by atoms with Crippen molar-refractivity contribution in [3.63, 3.8) is 0 Å². The number of rotatable bonds is 3. The molecule has 4 rings (SSSR count). The van der Waals surface area contributed by atoms with Gasteiger partial charge in [0.1, 0.15) is 5.82 Å². The smallest absolute Gasteiger partial charge is 0.254 e. The molecule has 4 nitrogen and oxygen atoms in total. The largest absolute Gasteiger partial charge is 0.436 e. The number of amides is 1. The zero-order valence-corrected chi connectivity index (χ0v) is 15.2. The number of nitrogens with zero attached hydrogens (tertiary/aromatic N) is 2. The first-order valence-corrected chi connectivity index (χ1v) is 9.22. The summed E-state index contributed by atoms with van der Waals surface area (Å²) in [5.41, 5.74) is 2.01. The molecule has 0 radical (unpaired) electrons. The zero-order valence-electron chi connectivity index (χ0n) is 15.2. The van der Waals surface area contributed by atoms with Gasteiger partial charge in [-0.2, -0.15) is 0 Å². The van der Waals surface area contributed by atoms with Crippen LogP contribution < -0.4 is 0 Å². The van der Waals surface area contributed by atoms with E-state index < -0.39 is 0 Å². The van der Waals surface area contributed by atoms with Crippen LogP contribution >= 0.6 is 0 Å². The highest BCUT2D eigenvalue weighted by Crippen LogP contribution is 2.29. The Labute approximate surface area is 157 Å². The second-order valence-corrected chi connectivity index (χ2v) is 7.06. The molecule has 0 bridgehead atoms. The van der Waals surface area contributed by atoms with Gasteiger partial charge < -0.3 is 9.32 Å². The van der Waals surface area contributed by atoms with E-state index in [9.17, 15) is 9.18 Å². The van der Waals surface area contributed by atoms with Gasteiger partial charge in [0.2, 0.25) is 5.89 Å². The van der Waals surface area contributed by atoms with Gasteiger partial charge in [-0.25, -0.2) is 9.37 Å². The number of hydrogen-bond donors (Lipinski definition) is 0. The number of aromatic nitrogens is 1. The van der Waals surface area contributed by atoms with Gasteiger partial charge in [0, 0.05) is 24.2 Å². The Bertz CT molecular complexity index is 941. The molecule has 1 aromatic heterocycles. The molecule has 1 saturated heterocycles. The minimum absolute atomic E-state index is 0.0130. The zero-order chi connectivity index (χ0) is 18.8. The van der Waals surface area contributed by atoms with Gasteiger partial charge in [0.05, 0.1) is 11.8 Å². The Morgan fingerprint density at radius 2 is 1.81 bits per heavy atom. The topological polar surface area (TPSA) is 46.3 Å². The van der Waals surface area contributed by atoms with Crippen molar-refractivity contribution in [2.24, 2.45) is 5.92 Å². The summed E-state index contributed by atoms with van der Waals surface area (Å²) in [7, 11) is 0. The van der Waals surface area contributed by atoms with Crippen molar-refractivity contribution in [2.45, 2.75) is 19.8 Å². The van der Waals surface area contributed by atoms with Crippen LogP contribution in [0.5, 0.6) is 0 Å². The second kappa shape index (κ2) is 7.35. The quantitative estimate of drug-likeness (QED) is 0.655. The van der Waals surface area contributed by atoms with Crippen molar-refractivity contribution in [3.05, 3.63) is 66.1 Å². The molecule has 1 aliphatic rings. The maximum absolute atomic E-state index is 13.1. The van der Waals surface area contributed by atoms with Crippen LogP contribution in [0, 0.1) is 11.7 Å². The Kier molecular flexibility index (Phi) is 4.75. The molecular weight excluding hydrogens is 343 g/mol. The van der Waals surface area contributed by atoms with Crippen molar-refractivity contribution < 1.29 is 13.6 Å². The third kappa shape index (κ3) is 3.63. The molecule has 1 aliphatic heterocycles. The SMILES string of the molecule is CC1CCN(C(=O)c2ccccc2-c2ncc(-c3ccc(F)cc3)o2)CC1. The molecule has 0 aliphatic carbocycles. The van der Waals surface area contributed by atoms with Crippen molar-refractivity contribution in [1.29, 1.82) is 0 Å². The number of piperidine rings is 1. The fourth-order valence-corrected chi connectivity index (χ4v) is 3.38. The second-order valence-electron chi connectivity index (χ2n) is 7.06. The van der Waals surface area contributed by atoms with Crippen molar-refractivity contribution >= 4 is 5.91 Å². The van der Waals surface area contributed by atoms with E-state index >= 15 is 0 Å². The molecule has 0 N–H and O–H groups in total. The number of carbonyl (C=O) groups excluding carboxylic acids is 1. The van der Waals surface area contributed by atoms with E-state index in [-0.39, 0.29) is 11.7 Å². The third-order valence-corrected chi connectivity index (χ3v) is 5.09. The van der Waals surface area contributed by atoms with Crippen LogP contribution in [0.4, 0.5) is 4.39 Å². The minimum Gasteiger partial charge on any atom is -0.436 e. The van der Waals surface area contributed by atoms with E-state index in [0.717, 1.165) is 31.5 Å². The normalized spacial score (nSPS) is 15.1. The first kappa shape index (κ1) is 17.5. The van der Waals surface area contributed by atoms with Gasteiger partial charge in [-0.3, -0.25) is 4.79 Å². The molecule has 0 atom stereocenters. The van der Waals surface area contributed by atoms with E-state index in [0.29, 0.717) is 28.7 Å². The van der Waals surface area contributed by atoms with Crippen LogP contribution in [-0.2, 0) is 0 Å². The van der Waals surface area contributed by atoms with Crippen LogP contribution in [0.25, 0.3) is 22.8 Å². The lowest BCUT2D eigenvalue weighted by Crippen LogP contribution is -2.38. The molecule has 3 aromatic rings. The molecule has 27 heavy (non-hydrogen) atoms. The fourth-order valence-electron chi connectivity index (χ4n) is 3.38. The number of halogens is 1. The highest BCUT2D eigenvalue weighted by atomic mass is 19.1. The van der Waals surface area contributed by atoms with E-state index in [1.54, 1.807) is 18.3 Å². The molecule has 1 fully saturated rings. The lowest BCUT2D eigenvalue weighted by atomic mass is 9.98. The summed E-state index contributed by atoms with van der Waals surface area (Å²) in [6.45, 7) is 3.78. The molecule has 2 heterocycles. The van der Waals surface area contributed by atoms with Crippen molar-refractivity contribution in [2.75, 3.05) is 13.1 Å². The monoisotopic (exact) mass is 364 g/mol. The van der Waals surface area contributed by atoms with Gasteiger partial charge in [-0.05, 0) is 55.2 Å². The molecule has 138 valence electrons. The first-order valence-electron chi connectivity index (χ1n) is 9.22. The average Bonchev–Trinajstić information content (AvgIpc) is 3.19. The summed E-state index contributed by atoms with van der Waals surface area (Å²) in [6.07, 6.45) is 3.66. The van der Waals surface area contributed by atoms with Crippen LogP contribution in [0.15, 0.2) is 59.1 Å². The lowest BCUT2D eigenvalue weighted by Gasteiger charge is -2.30. The molecule has 5 heteroatoms. The van der Waals surface area contributed by atoms with Crippen LogP contribution in [0.2, 0.25) is 0 Å². The van der Waals surface area contributed by atoms with Gasteiger partial charge >= 0.3 is 0 Å². The van der Waals surface area contributed by atoms with E-state index in [1.165, 1.54) is 12.1 Å². The Morgan fingerprint density at radius 1 is 1.11 bits per heavy atom. The van der Waals surface area contributed by atoms with Crippen LogP contribution in [0.3, 0.4) is 0 Å². The number of oxazole rings is 1. The van der Waals surface area contributed by atoms with E-state index in [2.05, 4.69) is 11.9 Å². The van der Waals surface area contributed by atoms with Crippen LogP contribution in [0.1, 0.15) is 30.1 Å². The number of likely N-dealkylation sites (tertiary alicyclic amines) is 1. The Morgan fingerprint density at radius 3 is 2.56 bits per heavy atom. The molecule has 0 spiro atoms. The van der Waals surface area contributed by atoms with Gasteiger partial charge in [0.15, 0.2) is 5.76 Å². The summed E-state index contributed by atoms with van der Waals surface area (Å²) < 4.78 is 19.0. The number of benzene rings is 2. The maximum Gasteiger partial charge on any atom is 0.254 e. The summed E-state index contributed by atoms with van der Waals surface area (Å²) in [5, 5.41) is 0. The lowest BCUT2D eigenvalue weighted by molar-refractivity contribution is 0.0698. The number of hydrogen-bond acceptors (Lipinski definition) is 3. The molecule has 0 unspecified atom stereocenters. The summed E-state index contributed by atoms with van der Waals surface area (Å²) in [6, 6.07) is 13.4. The van der Waals surface area contributed by atoms with Crippen molar-refractivity contribution in [1.82, 2.24) is 9.88 Å². The summed E-state index contributed by atoms with van der Waals surface area (Å²) >= 11 is 0. The Hall–Kier alpha value is -2.95. The molecule has 0 saturated carbocycles. The highest BCUT2D eigenvalue weighted by Gasteiger charge is 2.24. The van der Waals surface area contributed by atoms with Crippen LogP contribution in [-0.4, -0.2) is 28.9 Å². The van der Waals surface area contributed by atoms with Gasteiger partial charge in [-0.1, -0.05) is 19.1 Å². The Balaban J connectivity index is 1.63. The summed E-state index contributed by atoms with van der Waals surface area (Å²) in [4.78, 5) is 19.3.